The number of nitrogens with zero attached hydrogens (tertiary/aromatic N) is 3. The van der Waals surface area contributed by atoms with Crippen molar-refractivity contribution in [1.29, 1.82) is 0 Å². The van der Waals surface area contributed by atoms with Crippen LogP contribution >= 0.6 is 0 Å². The van der Waals surface area contributed by atoms with E-state index in [1.165, 1.54) is 5.56 Å². The van der Waals surface area contributed by atoms with Gasteiger partial charge in [-0.25, -0.2) is 0 Å². The molecule has 1 atom stereocenters. The summed E-state index contributed by atoms with van der Waals surface area (Å²) in [5, 5.41) is 1.15. The third-order valence-electron chi connectivity index (χ3n) is 6.56. The fourth-order valence-electron chi connectivity index (χ4n) is 4.81. The van der Waals surface area contributed by atoms with E-state index in [0.717, 1.165) is 61.3 Å². The van der Waals surface area contributed by atoms with E-state index in [-0.39, 0.29) is 11.8 Å². The number of amides is 1. The van der Waals surface area contributed by atoms with Gasteiger partial charge < -0.3 is 14.4 Å². The standard InChI is InChI=1S/C27H31N3O3/c31-27(25-6-2-1-4-24(25)19-29-10-13-32-14-11-29)30-12-15-33-20-22(18-30)16-21-7-8-26-23(17-21)5-3-9-28-26/h1-9,17,22H,10-16,18-20H2/t22-/m0/s1. The van der Waals surface area contributed by atoms with Crippen molar-refractivity contribution in [3.63, 3.8) is 0 Å². The van der Waals surface area contributed by atoms with Crippen molar-refractivity contribution in [2.45, 2.75) is 13.0 Å². The van der Waals surface area contributed by atoms with Gasteiger partial charge in [0, 0.05) is 55.8 Å². The first kappa shape index (κ1) is 22.0. The Kier molecular flexibility index (Phi) is 6.95. The molecule has 2 saturated heterocycles. The topological polar surface area (TPSA) is 54.9 Å². The molecule has 0 radical (unpaired) electrons. The van der Waals surface area contributed by atoms with Gasteiger partial charge in [-0.05, 0) is 41.8 Å². The molecule has 0 N–H and O–H groups in total. The van der Waals surface area contributed by atoms with Crippen molar-refractivity contribution in [1.82, 2.24) is 14.8 Å². The normalized spacial score (nSPS) is 20.0. The number of pyridine rings is 1. The molecule has 1 amide bonds. The number of hydrogen-bond acceptors (Lipinski definition) is 5. The minimum absolute atomic E-state index is 0.108. The number of carbonyl (C=O) groups excluding carboxylic acids is 1. The number of rotatable bonds is 5. The van der Waals surface area contributed by atoms with Gasteiger partial charge in [-0.2, -0.15) is 0 Å². The molecule has 0 saturated carbocycles. The Morgan fingerprint density at radius 3 is 2.73 bits per heavy atom. The Bertz CT molecular complexity index is 1100. The van der Waals surface area contributed by atoms with Gasteiger partial charge in [-0.1, -0.05) is 30.3 Å². The smallest absolute Gasteiger partial charge is 0.254 e. The summed E-state index contributed by atoms with van der Waals surface area (Å²) in [6.45, 7) is 6.69. The van der Waals surface area contributed by atoms with Gasteiger partial charge in [-0.15, -0.1) is 0 Å². The number of benzene rings is 2. The zero-order chi connectivity index (χ0) is 22.5. The quantitative estimate of drug-likeness (QED) is 0.603. The maximum Gasteiger partial charge on any atom is 0.254 e. The van der Waals surface area contributed by atoms with E-state index in [2.05, 4.69) is 40.2 Å². The first-order valence-corrected chi connectivity index (χ1v) is 11.8. The number of aromatic nitrogens is 1. The Morgan fingerprint density at radius 1 is 0.970 bits per heavy atom. The van der Waals surface area contributed by atoms with E-state index in [0.29, 0.717) is 26.3 Å². The molecule has 5 rings (SSSR count). The second kappa shape index (κ2) is 10.4. The summed E-state index contributed by atoms with van der Waals surface area (Å²) in [7, 11) is 0. The fraction of sp³-hybridized carbons (Fsp3) is 0.407. The van der Waals surface area contributed by atoms with E-state index in [9.17, 15) is 4.79 Å². The molecule has 2 aliphatic rings. The predicted octanol–water partition coefficient (Wildman–Crippen LogP) is 3.40. The van der Waals surface area contributed by atoms with Crippen LogP contribution in [0.3, 0.4) is 0 Å². The molecule has 0 aliphatic carbocycles. The van der Waals surface area contributed by atoms with Crippen LogP contribution < -0.4 is 0 Å². The van der Waals surface area contributed by atoms with Crippen LogP contribution in [0, 0.1) is 5.92 Å². The molecule has 2 aromatic carbocycles. The van der Waals surface area contributed by atoms with Gasteiger partial charge in [0.2, 0.25) is 0 Å². The number of ether oxygens (including phenoxy) is 2. The summed E-state index contributed by atoms with van der Waals surface area (Å²) >= 11 is 0. The van der Waals surface area contributed by atoms with E-state index in [1.807, 2.05) is 35.4 Å². The summed E-state index contributed by atoms with van der Waals surface area (Å²) in [5.41, 5.74) is 4.16. The molecule has 2 aliphatic heterocycles. The fourth-order valence-corrected chi connectivity index (χ4v) is 4.81. The average Bonchev–Trinajstić information content (AvgIpc) is 3.10. The minimum Gasteiger partial charge on any atom is -0.379 e. The largest absolute Gasteiger partial charge is 0.379 e. The van der Waals surface area contributed by atoms with Crippen LogP contribution in [-0.2, 0) is 22.4 Å². The first-order chi connectivity index (χ1) is 16.3. The molecule has 0 spiro atoms. The molecule has 6 heteroatoms. The molecule has 6 nitrogen and oxygen atoms in total. The van der Waals surface area contributed by atoms with Crippen LogP contribution in [0.15, 0.2) is 60.8 Å². The van der Waals surface area contributed by atoms with Crippen LogP contribution in [0.5, 0.6) is 0 Å². The van der Waals surface area contributed by atoms with Crippen LogP contribution in [0.1, 0.15) is 21.5 Å². The van der Waals surface area contributed by atoms with Gasteiger partial charge in [0.1, 0.15) is 0 Å². The molecule has 33 heavy (non-hydrogen) atoms. The first-order valence-electron chi connectivity index (χ1n) is 11.8. The molecule has 1 aromatic heterocycles. The second-order valence-corrected chi connectivity index (χ2v) is 8.97. The lowest BCUT2D eigenvalue weighted by molar-refractivity contribution is 0.0339. The third kappa shape index (κ3) is 5.41. The zero-order valence-electron chi connectivity index (χ0n) is 19.0. The summed E-state index contributed by atoms with van der Waals surface area (Å²) < 4.78 is 11.4. The number of morpholine rings is 1. The molecule has 0 unspecified atom stereocenters. The van der Waals surface area contributed by atoms with Gasteiger partial charge >= 0.3 is 0 Å². The summed E-state index contributed by atoms with van der Waals surface area (Å²) in [5.74, 6) is 0.369. The van der Waals surface area contributed by atoms with Crippen molar-refractivity contribution in [3.05, 3.63) is 77.5 Å². The zero-order valence-corrected chi connectivity index (χ0v) is 19.0. The predicted molar refractivity (Wildman–Crippen MR) is 128 cm³/mol. The van der Waals surface area contributed by atoms with Crippen molar-refractivity contribution >= 4 is 16.8 Å². The highest BCUT2D eigenvalue weighted by Crippen LogP contribution is 2.21. The van der Waals surface area contributed by atoms with Crippen molar-refractivity contribution in [2.75, 3.05) is 52.6 Å². The highest BCUT2D eigenvalue weighted by atomic mass is 16.5. The lowest BCUT2D eigenvalue weighted by Gasteiger charge is -2.28. The molecule has 172 valence electrons. The molecule has 0 bridgehead atoms. The average molecular weight is 446 g/mol. The van der Waals surface area contributed by atoms with Gasteiger partial charge in [0.15, 0.2) is 0 Å². The Hall–Kier alpha value is -2.80. The molecular formula is C27H31N3O3. The van der Waals surface area contributed by atoms with Gasteiger partial charge in [-0.3, -0.25) is 14.7 Å². The summed E-state index contributed by atoms with van der Waals surface area (Å²) in [6.07, 6.45) is 2.70. The SMILES string of the molecule is O=C(c1ccccc1CN1CCOCC1)N1CCOC[C@@H](Cc2ccc3ncccc3c2)C1. The van der Waals surface area contributed by atoms with Crippen molar-refractivity contribution in [2.24, 2.45) is 5.92 Å². The summed E-state index contributed by atoms with van der Waals surface area (Å²) in [4.78, 5) is 22.4. The van der Waals surface area contributed by atoms with Crippen LogP contribution in [0.4, 0.5) is 0 Å². The van der Waals surface area contributed by atoms with E-state index in [4.69, 9.17) is 9.47 Å². The number of carbonyl (C=O) groups is 1. The number of hydrogen-bond donors (Lipinski definition) is 0. The molecule has 2 fully saturated rings. The lowest BCUT2D eigenvalue weighted by atomic mass is 9.97. The molecule has 3 aromatic rings. The van der Waals surface area contributed by atoms with Crippen molar-refractivity contribution in [3.8, 4) is 0 Å². The van der Waals surface area contributed by atoms with Crippen LogP contribution in [0.2, 0.25) is 0 Å². The van der Waals surface area contributed by atoms with E-state index < -0.39 is 0 Å². The number of fused-ring (bicyclic) bond motifs is 1. The maximum absolute atomic E-state index is 13.6. The third-order valence-corrected chi connectivity index (χ3v) is 6.56. The van der Waals surface area contributed by atoms with Gasteiger partial charge in [0.25, 0.3) is 5.91 Å². The monoisotopic (exact) mass is 445 g/mol. The Morgan fingerprint density at radius 2 is 1.82 bits per heavy atom. The molecule has 3 heterocycles. The van der Waals surface area contributed by atoms with Gasteiger partial charge in [0.05, 0.1) is 31.9 Å². The van der Waals surface area contributed by atoms with E-state index >= 15 is 0 Å². The second-order valence-electron chi connectivity index (χ2n) is 8.97. The Labute approximate surface area is 195 Å². The maximum atomic E-state index is 13.6. The Balaban J connectivity index is 1.30. The molecular weight excluding hydrogens is 414 g/mol. The van der Waals surface area contributed by atoms with Crippen LogP contribution in [-0.4, -0.2) is 73.3 Å². The van der Waals surface area contributed by atoms with E-state index in [1.54, 1.807) is 0 Å². The highest BCUT2D eigenvalue weighted by Gasteiger charge is 2.25. The minimum atomic E-state index is 0.108. The lowest BCUT2D eigenvalue weighted by Crippen LogP contribution is -2.38. The summed E-state index contributed by atoms with van der Waals surface area (Å²) in [6, 6.07) is 18.5. The highest BCUT2D eigenvalue weighted by molar-refractivity contribution is 5.95. The van der Waals surface area contributed by atoms with Crippen LogP contribution in [0.25, 0.3) is 10.9 Å². The van der Waals surface area contributed by atoms with Crippen molar-refractivity contribution < 1.29 is 14.3 Å².